The van der Waals surface area contributed by atoms with Gasteiger partial charge in [-0.05, 0) is 37.1 Å². The molecule has 1 aromatic rings. The van der Waals surface area contributed by atoms with Crippen LogP contribution in [0.1, 0.15) is 48.9 Å². The molecule has 3 rings (SSSR count). The molecule has 0 aromatic heterocycles. The molecule has 21 heavy (non-hydrogen) atoms. The molecule has 0 unspecified atom stereocenters. The van der Waals surface area contributed by atoms with E-state index in [1.807, 2.05) is 0 Å². The number of carbonyl (C=O) groups excluding carboxylic acids is 3. The van der Waals surface area contributed by atoms with Gasteiger partial charge in [0.25, 0.3) is 5.91 Å². The van der Waals surface area contributed by atoms with E-state index >= 15 is 0 Å². The summed E-state index contributed by atoms with van der Waals surface area (Å²) in [5, 5.41) is 3.02. The van der Waals surface area contributed by atoms with Crippen molar-refractivity contribution in [3.05, 3.63) is 29.8 Å². The molecule has 110 valence electrons. The molecular formula is C16H18N2O3. The number of carbonyl (C=O) groups is 3. The van der Waals surface area contributed by atoms with E-state index in [-0.39, 0.29) is 36.6 Å². The minimum atomic E-state index is -0.178. The number of amides is 3. The maximum atomic E-state index is 12.1. The summed E-state index contributed by atoms with van der Waals surface area (Å²) in [6.07, 6.45) is 4.96. The van der Waals surface area contributed by atoms with Gasteiger partial charge in [0, 0.05) is 24.4 Å². The van der Waals surface area contributed by atoms with Gasteiger partial charge in [-0.25, -0.2) is 0 Å². The van der Waals surface area contributed by atoms with Crippen molar-refractivity contribution in [2.24, 2.45) is 0 Å². The first kappa shape index (κ1) is 13.8. The maximum absolute atomic E-state index is 12.1. The van der Waals surface area contributed by atoms with Crippen molar-refractivity contribution in [1.82, 2.24) is 5.32 Å². The van der Waals surface area contributed by atoms with Crippen LogP contribution in [-0.2, 0) is 9.59 Å². The Balaban J connectivity index is 1.70. The second kappa shape index (κ2) is 5.68. The van der Waals surface area contributed by atoms with Crippen LogP contribution in [0.25, 0.3) is 0 Å². The van der Waals surface area contributed by atoms with Gasteiger partial charge in [0.15, 0.2) is 0 Å². The molecule has 1 aliphatic heterocycles. The Morgan fingerprint density at radius 3 is 2.14 bits per heavy atom. The van der Waals surface area contributed by atoms with Gasteiger partial charge < -0.3 is 5.32 Å². The standard InChI is InChI=1S/C16H18N2O3/c19-14-9-10-15(20)18(14)13-7-5-11(6-8-13)16(21)17-12-3-1-2-4-12/h5-8,12H,1-4,9-10H2,(H,17,21). The van der Waals surface area contributed by atoms with Gasteiger partial charge in [-0.1, -0.05) is 12.8 Å². The molecule has 0 atom stereocenters. The zero-order valence-electron chi connectivity index (χ0n) is 11.8. The van der Waals surface area contributed by atoms with Gasteiger partial charge in [0.05, 0.1) is 5.69 Å². The fourth-order valence-electron chi connectivity index (χ4n) is 2.97. The van der Waals surface area contributed by atoms with Gasteiger partial charge in [-0.3, -0.25) is 19.3 Å². The highest BCUT2D eigenvalue weighted by Crippen LogP contribution is 2.23. The van der Waals surface area contributed by atoms with Crippen molar-refractivity contribution in [3.63, 3.8) is 0 Å². The molecule has 1 heterocycles. The largest absolute Gasteiger partial charge is 0.349 e. The highest BCUT2D eigenvalue weighted by atomic mass is 16.2. The normalized spacial score (nSPS) is 19.3. The van der Waals surface area contributed by atoms with Gasteiger partial charge in [-0.2, -0.15) is 0 Å². The predicted molar refractivity (Wildman–Crippen MR) is 77.9 cm³/mol. The molecule has 1 aromatic carbocycles. The van der Waals surface area contributed by atoms with Crippen LogP contribution in [0.15, 0.2) is 24.3 Å². The Hall–Kier alpha value is -2.17. The third-order valence-electron chi connectivity index (χ3n) is 4.13. The number of hydrogen-bond donors (Lipinski definition) is 1. The third-order valence-corrected chi connectivity index (χ3v) is 4.13. The summed E-state index contributed by atoms with van der Waals surface area (Å²) in [5.74, 6) is -0.446. The molecule has 1 aliphatic carbocycles. The fraction of sp³-hybridized carbons (Fsp3) is 0.438. The van der Waals surface area contributed by atoms with Gasteiger partial charge >= 0.3 is 0 Å². The monoisotopic (exact) mass is 286 g/mol. The average Bonchev–Trinajstić information content (AvgIpc) is 3.09. The second-order valence-electron chi connectivity index (χ2n) is 5.62. The van der Waals surface area contributed by atoms with Crippen molar-refractivity contribution in [2.45, 2.75) is 44.6 Å². The van der Waals surface area contributed by atoms with Crippen molar-refractivity contribution in [1.29, 1.82) is 0 Å². The summed E-state index contributed by atoms with van der Waals surface area (Å²) in [4.78, 5) is 36.6. The van der Waals surface area contributed by atoms with E-state index in [1.165, 1.54) is 17.7 Å². The van der Waals surface area contributed by atoms with Crippen LogP contribution in [0.2, 0.25) is 0 Å². The Labute approximate surface area is 123 Å². The molecule has 5 heteroatoms. The maximum Gasteiger partial charge on any atom is 0.251 e. The van der Waals surface area contributed by atoms with Crippen LogP contribution in [0.3, 0.4) is 0 Å². The molecular weight excluding hydrogens is 268 g/mol. The molecule has 2 aliphatic rings. The first-order valence-corrected chi connectivity index (χ1v) is 7.42. The quantitative estimate of drug-likeness (QED) is 0.864. The highest BCUT2D eigenvalue weighted by Gasteiger charge is 2.30. The molecule has 3 amide bonds. The van der Waals surface area contributed by atoms with E-state index < -0.39 is 0 Å². The number of imide groups is 1. The second-order valence-corrected chi connectivity index (χ2v) is 5.62. The summed E-state index contributed by atoms with van der Waals surface area (Å²) >= 11 is 0. The number of nitrogens with one attached hydrogen (secondary N) is 1. The lowest BCUT2D eigenvalue weighted by Gasteiger charge is -2.15. The van der Waals surface area contributed by atoms with E-state index in [0.29, 0.717) is 11.3 Å². The molecule has 1 N–H and O–H groups in total. The van der Waals surface area contributed by atoms with Crippen molar-refractivity contribution in [3.8, 4) is 0 Å². The molecule has 5 nitrogen and oxygen atoms in total. The molecule has 1 saturated heterocycles. The van der Waals surface area contributed by atoms with E-state index in [4.69, 9.17) is 0 Å². The number of rotatable bonds is 3. The molecule has 0 spiro atoms. The lowest BCUT2D eigenvalue weighted by Crippen LogP contribution is -2.32. The summed E-state index contributed by atoms with van der Waals surface area (Å²) in [6, 6.07) is 6.92. The number of nitrogens with zero attached hydrogens (tertiary/aromatic N) is 1. The predicted octanol–water partition coefficient (Wildman–Crippen LogP) is 2.01. The van der Waals surface area contributed by atoms with Crippen LogP contribution < -0.4 is 10.2 Å². The third kappa shape index (κ3) is 2.82. The first-order chi connectivity index (χ1) is 10.1. The van der Waals surface area contributed by atoms with Crippen molar-refractivity contribution < 1.29 is 14.4 Å². The zero-order chi connectivity index (χ0) is 14.8. The van der Waals surface area contributed by atoms with Crippen LogP contribution >= 0.6 is 0 Å². The Morgan fingerprint density at radius 2 is 1.57 bits per heavy atom. The minimum absolute atomic E-state index is 0.0903. The fourth-order valence-corrected chi connectivity index (χ4v) is 2.97. The van der Waals surface area contributed by atoms with E-state index in [9.17, 15) is 14.4 Å². The van der Waals surface area contributed by atoms with Crippen LogP contribution in [-0.4, -0.2) is 23.8 Å². The number of hydrogen-bond acceptors (Lipinski definition) is 3. The lowest BCUT2D eigenvalue weighted by molar-refractivity contribution is -0.121. The number of anilines is 1. The van der Waals surface area contributed by atoms with Crippen molar-refractivity contribution >= 4 is 23.4 Å². The zero-order valence-corrected chi connectivity index (χ0v) is 11.8. The average molecular weight is 286 g/mol. The van der Waals surface area contributed by atoms with Gasteiger partial charge in [-0.15, -0.1) is 0 Å². The molecule has 0 radical (unpaired) electrons. The lowest BCUT2D eigenvalue weighted by atomic mass is 10.1. The summed E-state index contributed by atoms with van der Waals surface area (Å²) in [6.45, 7) is 0. The molecule has 1 saturated carbocycles. The Morgan fingerprint density at radius 1 is 1.00 bits per heavy atom. The highest BCUT2D eigenvalue weighted by molar-refractivity contribution is 6.19. The van der Waals surface area contributed by atoms with E-state index in [2.05, 4.69) is 5.32 Å². The SMILES string of the molecule is O=C(NC1CCCC1)c1ccc(N2C(=O)CCC2=O)cc1. The van der Waals surface area contributed by atoms with Gasteiger partial charge in [0.2, 0.25) is 11.8 Å². The Kier molecular flexibility index (Phi) is 3.73. The van der Waals surface area contributed by atoms with E-state index in [0.717, 1.165) is 12.8 Å². The number of benzene rings is 1. The van der Waals surface area contributed by atoms with Crippen LogP contribution in [0.5, 0.6) is 0 Å². The van der Waals surface area contributed by atoms with Crippen molar-refractivity contribution in [2.75, 3.05) is 4.90 Å². The molecule has 2 fully saturated rings. The minimum Gasteiger partial charge on any atom is -0.349 e. The van der Waals surface area contributed by atoms with E-state index in [1.54, 1.807) is 24.3 Å². The first-order valence-electron chi connectivity index (χ1n) is 7.42. The smallest absolute Gasteiger partial charge is 0.251 e. The van der Waals surface area contributed by atoms with Gasteiger partial charge in [0.1, 0.15) is 0 Å². The summed E-state index contributed by atoms with van der Waals surface area (Å²) in [5.41, 5.74) is 1.10. The Bertz CT molecular complexity index is 558. The topological polar surface area (TPSA) is 66.5 Å². The van der Waals surface area contributed by atoms with Crippen LogP contribution in [0, 0.1) is 0 Å². The summed E-state index contributed by atoms with van der Waals surface area (Å²) in [7, 11) is 0. The molecule has 0 bridgehead atoms. The summed E-state index contributed by atoms with van der Waals surface area (Å²) < 4.78 is 0. The van der Waals surface area contributed by atoms with Crippen LogP contribution in [0.4, 0.5) is 5.69 Å².